The Morgan fingerprint density at radius 1 is 0.893 bits per heavy atom. The van der Waals surface area contributed by atoms with E-state index in [0.29, 0.717) is 29.9 Å². The number of carbonyl (C=O) groups is 3. The standard InChI is InChI=1S/C22H27N3O3/c1-4-25(5-2)22(28)18-11-13-19(14-12-18)24-20(26)15-16(3)23-21(27)17-9-7-6-8-10-17/h6-14,16H,4-5,15H2,1-3H3,(H,23,27)(H,24,26). The van der Waals surface area contributed by atoms with Gasteiger partial charge >= 0.3 is 0 Å². The van der Waals surface area contributed by atoms with Gasteiger partial charge in [0.2, 0.25) is 5.91 Å². The summed E-state index contributed by atoms with van der Waals surface area (Å²) >= 11 is 0. The highest BCUT2D eigenvalue weighted by molar-refractivity contribution is 5.97. The molecule has 0 saturated carbocycles. The Hall–Kier alpha value is -3.15. The molecule has 1 atom stereocenters. The second-order valence-corrected chi connectivity index (χ2v) is 6.55. The van der Waals surface area contributed by atoms with Crippen LogP contribution in [-0.2, 0) is 4.79 Å². The minimum atomic E-state index is -0.309. The van der Waals surface area contributed by atoms with Crippen molar-refractivity contribution in [3.63, 3.8) is 0 Å². The SMILES string of the molecule is CCN(CC)C(=O)c1ccc(NC(=O)CC(C)NC(=O)c2ccccc2)cc1. The van der Waals surface area contributed by atoms with Crippen molar-refractivity contribution in [3.8, 4) is 0 Å². The Labute approximate surface area is 165 Å². The molecule has 0 aromatic heterocycles. The van der Waals surface area contributed by atoms with Crippen LogP contribution in [0, 0.1) is 0 Å². The Balaban J connectivity index is 1.87. The molecule has 0 aliphatic heterocycles. The van der Waals surface area contributed by atoms with Gasteiger partial charge in [-0.1, -0.05) is 18.2 Å². The number of nitrogens with zero attached hydrogens (tertiary/aromatic N) is 1. The van der Waals surface area contributed by atoms with Gasteiger partial charge in [-0.15, -0.1) is 0 Å². The van der Waals surface area contributed by atoms with Crippen molar-refractivity contribution in [2.24, 2.45) is 0 Å². The van der Waals surface area contributed by atoms with E-state index in [1.54, 1.807) is 60.4 Å². The monoisotopic (exact) mass is 381 g/mol. The first-order chi connectivity index (χ1) is 13.4. The van der Waals surface area contributed by atoms with E-state index in [1.807, 2.05) is 19.9 Å². The minimum absolute atomic E-state index is 0.0277. The van der Waals surface area contributed by atoms with Crippen LogP contribution >= 0.6 is 0 Å². The third kappa shape index (κ3) is 5.94. The number of hydrogen-bond donors (Lipinski definition) is 2. The molecule has 0 bridgehead atoms. The normalized spacial score (nSPS) is 11.4. The van der Waals surface area contributed by atoms with Crippen molar-refractivity contribution in [2.75, 3.05) is 18.4 Å². The fraction of sp³-hybridized carbons (Fsp3) is 0.318. The largest absolute Gasteiger partial charge is 0.349 e. The Morgan fingerprint density at radius 2 is 1.50 bits per heavy atom. The predicted molar refractivity (Wildman–Crippen MR) is 110 cm³/mol. The summed E-state index contributed by atoms with van der Waals surface area (Å²) in [5.74, 6) is -0.441. The molecule has 6 nitrogen and oxygen atoms in total. The fourth-order valence-electron chi connectivity index (χ4n) is 2.83. The molecule has 0 aliphatic rings. The Bertz CT molecular complexity index is 800. The van der Waals surface area contributed by atoms with Crippen LogP contribution in [-0.4, -0.2) is 41.8 Å². The molecular formula is C22H27N3O3. The summed E-state index contributed by atoms with van der Waals surface area (Å²) in [5, 5.41) is 5.61. The summed E-state index contributed by atoms with van der Waals surface area (Å²) in [6, 6.07) is 15.4. The summed E-state index contributed by atoms with van der Waals surface area (Å²) in [5.41, 5.74) is 1.76. The molecule has 2 rings (SSSR count). The molecule has 2 N–H and O–H groups in total. The van der Waals surface area contributed by atoms with Gasteiger partial charge in [0.25, 0.3) is 11.8 Å². The minimum Gasteiger partial charge on any atom is -0.349 e. The van der Waals surface area contributed by atoms with Crippen molar-refractivity contribution in [1.82, 2.24) is 10.2 Å². The van der Waals surface area contributed by atoms with Crippen LogP contribution in [0.1, 0.15) is 47.9 Å². The first-order valence-electron chi connectivity index (χ1n) is 9.49. The highest BCUT2D eigenvalue weighted by Gasteiger charge is 2.15. The van der Waals surface area contributed by atoms with Crippen LogP contribution in [0.5, 0.6) is 0 Å². The zero-order chi connectivity index (χ0) is 20.5. The number of rotatable bonds is 8. The van der Waals surface area contributed by atoms with Gasteiger partial charge in [-0.25, -0.2) is 0 Å². The molecule has 148 valence electrons. The van der Waals surface area contributed by atoms with E-state index < -0.39 is 0 Å². The number of carbonyl (C=O) groups excluding carboxylic acids is 3. The van der Waals surface area contributed by atoms with Gasteiger partial charge in [-0.05, 0) is 57.2 Å². The zero-order valence-corrected chi connectivity index (χ0v) is 16.6. The first-order valence-corrected chi connectivity index (χ1v) is 9.49. The van der Waals surface area contributed by atoms with E-state index in [2.05, 4.69) is 10.6 Å². The molecule has 2 aromatic rings. The van der Waals surface area contributed by atoms with Crippen molar-refractivity contribution < 1.29 is 14.4 Å². The van der Waals surface area contributed by atoms with Gasteiger partial charge in [0, 0.05) is 42.4 Å². The number of anilines is 1. The number of hydrogen-bond acceptors (Lipinski definition) is 3. The maximum atomic E-state index is 12.3. The maximum Gasteiger partial charge on any atom is 0.253 e. The molecule has 28 heavy (non-hydrogen) atoms. The molecule has 0 aliphatic carbocycles. The average Bonchev–Trinajstić information content (AvgIpc) is 2.69. The molecule has 2 aromatic carbocycles. The van der Waals surface area contributed by atoms with Gasteiger partial charge in [0.1, 0.15) is 0 Å². The van der Waals surface area contributed by atoms with E-state index in [-0.39, 0.29) is 30.2 Å². The highest BCUT2D eigenvalue weighted by Crippen LogP contribution is 2.12. The van der Waals surface area contributed by atoms with Crippen LogP contribution in [0.25, 0.3) is 0 Å². The molecule has 3 amide bonds. The molecule has 6 heteroatoms. The van der Waals surface area contributed by atoms with E-state index in [0.717, 1.165) is 0 Å². The molecule has 1 unspecified atom stereocenters. The van der Waals surface area contributed by atoms with Crippen molar-refractivity contribution in [3.05, 3.63) is 65.7 Å². The Morgan fingerprint density at radius 3 is 2.07 bits per heavy atom. The lowest BCUT2D eigenvalue weighted by Gasteiger charge is -2.18. The lowest BCUT2D eigenvalue weighted by Crippen LogP contribution is -2.35. The topological polar surface area (TPSA) is 78.5 Å². The van der Waals surface area contributed by atoms with Crippen LogP contribution in [0.3, 0.4) is 0 Å². The summed E-state index contributed by atoms with van der Waals surface area (Å²) in [6.07, 6.45) is 0.151. The smallest absolute Gasteiger partial charge is 0.253 e. The number of amides is 3. The lowest BCUT2D eigenvalue weighted by molar-refractivity contribution is -0.116. The molecule has 0 saturated heterocycles. The Kier molecular flexibility index (Phi) is 7.75. The summed E-state index contributed by atoms with van der Waals surface area (Å²) < 4.78 is 0. The van der Waals surface area contributed by atoms with Crippen molar-refractivity contribution in [2.45, 2.75) is 33.2 Å². The van der Waals surface area contributed by atoms with E-state index >= 15 is 0 Å². The van der Waals surface area contributed by atoms with Crippen LogP contribution in [0.4, 0.5) is 5.69 Å². The number of nitrogens with one attached hydrogen (secondary N) is 2. The van der Waals surface area contributed by atoms with Crippen molar-refractivity contribution >= 4 is 23.4 Å². The van der Waals surface area contributed by atoms with Crippen molar-refractivity contribution in [1.29, 1.82) is 0 Å². The molecule has 0 heterocycles. The fourth-order valence-corrected chi connectivity index (χ4v) is 2.83. The summed E-state index contributed by atoms with van der Waals surface area (Å²) in [7, 11) is 0. The summed E-state index contributed by atoms with van der Waals surface area (Å²) in [4.78, 5) is 38.4. The van der Waals surface area contributed by atoms with Gasteiger partial charge in [-0.2, -0.15) is 0 Å². The quantitative estimate of drug-likeness (QED) is 0.736. The third-order valence-corrected chi connectivity index (χ3v) is 4.37. The van der Waals surface area contributed by atoms with E-state index in [4.69, 9.17) is 0 Å². The predicted octanol–water partition coefficient (Wildman–Crippen LogP) is 3.32. The summed E-state index contributed by atoms with van der Waals surface area (Å²) in [6.45, 7) is 6.97. The lowest BCUT2D eigenvalue weighted by atomic mass is 10.1. The highest BCUT2D eigenvalue weighted by atomic mass is 16.2. The van der Waals surface area contributed by atoms with Gasteiger partial charge in [0.05, 0.1) is 0 Å². The number of benzene rings is 2. The third-order valence-electron chi connectivity index (χ3n) is 4.37. The average molecular weight is 381 g/mol. The van der Waals surface area contributed by atoms with Gasteiger partial charge < -0.3 is 15.5 Å². The first kappa shape index (κ1) is 21.2. The maximum absolute atomic E-state index is 12.3. The van der Waals surface area contributed by atoms with E-state index in [1.165, 1.54) is 0 Å². The van der Waals surface area contributed by atoms with Gasteiger partial charge in [0.15, 0.2) is 0 Å². The van der Waals surface area contributed by atoms with Crippen LogP contribution < -0.4 is 10.6 Å². The molecule has 0 radical (unpaired) electrons. The molecule has 0 fully saturated rings. The van der Waals surface area contributed by atoms with Crippen LogP contribution in [0.2, 0.25) is 0 Å². The van der Waals surface area contributed by atoms with Gasteiger partial charge in [-0.3, -0.25) is 14.4 Å². The molecule has 0 spiro atoms. The van der Waals surface area contributed by atoms with Crippen LogP contribution in [0.15, 0.2) is 54.6 Å². The van der Waals surface area contributed by atoms with E-state index in [9.17, 15) is 14.4 Å². The molecular weight excluding hydrogens is 354 g/mol. The zero-order valence-electron chi connectivity index (χ0n) is 16.6. The second-order valence-electron chi connectivity index (χ2n) is 6.55. The second kappa shape index (κ2) is 10.3.